The van der Waals surface area contributed by atoms with Gasteiger partial charge in [-0.3, -0.25) is 13.5 Å². The Balaban J connectivity index is 5.47. The van der Waals surface area contributed by atoms with E-state index in [1.165, 1.54) is 7.11 Å². The van der Waals surface area contributed by atoms with Crippen LogP contribution in [-0.2, 0) is 18.3 Å². The summed E-state index contributed by atoms with van der Waals surface area (Å²) in [6.45, 7) is 0.806. The molecule has 0 aliphatic carbocycles. The first-order chi connectivity index (χ1) is 10.2. The predicted octanol–water partition coefficient (Wildman–Crippen LogP) is 4.59. The van der Waals surface area contributed by atoms with Crippen LogP contribution < -0.4 is 0 Å². The highest BCUT2D eigenvalue weighted by Crippen LogP contribution is 2.56. The minimum Gasteiger partial charge on any atom is -0.382 e. The number of rotatable bonds is 9. The van der Waals surface area contributed by atoms with Gasteiger partial charge in [-0.2, -0.15) is 26.3 Å². The molecule has 23 heavy (non-hydrogen) atoms. The fourth-order valence-corrected chi connectivity index (χ4v) is 5.89. The summed E-state index contributed by atoms with van der Waals surface area (Å²) in [6, 6.07) is 0. The van der Waals surface area contributed by atoms with E-state index < -0.39 is 41.5 Å². The third kappa shape index (κ3) is 12.9. The number of hydrogen-bond donors (Lipinski definition) is 0. The second kappa shape index (κ2) is 8.81. The van der Waals surface area contributed by atoms with Gasteiger partial charge in [0.05, 0.1) is 13.2 Å². The Bertz CT molecular complexity index is 388. The van der Waals surface area contributed by atoms with Crippen molar-refractivity contribution >= 4 is 16.0 Å². The lowest BCUT2D eigenvalue weighted by molar-refractivity contribution is -0.167. The van der Waals surface area contributed by atoms with Crippen molar-refractivity contribution in [3.8, 4) is 0 Å². The maximum Gasteiger partial charge on any atom is 0.412 e. The number of methoxy groups -OCH3 is 1. The fourth-order valence-electron chi connectivity index (χ4n) is 1.11. The molecule has 0 N–H and O–H groups in total. The Kier molecular flexibility index (Phi) is 8.76. The van der Waals surface area contributed by atoms with Crippen molar-refractivity contribution in [3.63, 3.8) is 0 Å². The smallest absolute Gasteiger partial charge is 0.382 e. The fraction of sp³-hybridized carbons (Fsp3) is 1.00. The van der Waals surface area contributed by atoms with Gasteiger partial charge in [0.25, 0.3) is 0 Å². The molecule has 0 bridgehead atoms. The lowest BCUT2D eigenvalue weighted by atomic mass is 10.7. The summed E-state index contributed by atoms with van der Waals surface area (Å²) < 4.78 is 97.1. The van der Waals surface area contributed by atoms with Crippen molar-refractivity contribution < 1.29 is 44.7 Å². The third-order valence-corrected chi connectivity index (χ3v) is 6.55. The van der Waals surface area contributed by atoms with Crippen LogP contribution in [0.15, 0.2) is 4.41 Å². The predicted molar refractivity (Wildman–Crippen MR) is 74.5 cm³/mol. The zero-order valence-electron chi connectivity index (χ0n) is 13.1. The Labute approximate surface area is 131 Å². The van der Waals surface area contributed by atoms with Gasteiger partial charge >= 0.3 is 20.1 Å². The quantitative estimate of drug-likeness (QED) is 0.250. The minimum atomic E-state index is -4.76. The number of ether oxygens (including phenoxy) is 1. The van der Waals surface area contributed by atoms with Crippen molar-refractivity contribution in [1.29, 1.82) is 0 Å². The molecule has 0 aliphatic rings. The molecular formula is C10H20F6NO4PSi. The first-order valence-corrected chi connectivity index (χ1v) is 11.3. The van der Waals surface area contributed by atoms with Crippen LogP contribution in [0, 0.1) is 0 Å². The van der Waals surface area contributed by atoms with E-state index in [9.17, 15) is 26.3 Å². The van der Waals surface area contributed by atoms with Gasteiger partial charge in [0.15, 0.2) is 21.4 Å². The topological polar surface area (TPSA) is 49.3 Å². The van der Waals surface area contributed by atoms with Crippen LogP contribution in [-0.4, -0.2) is 54.1 Å². The van der Waals surface area contributed by atoms with Gasteiger partial charge in [-0.15, -0.1) is 0 Å². The lowest BCUT2D eigenvalue weighted by Gasteiger charge is -2.27. The molecule has 13 heteroatoms. The van der Waals surface area contributed by atoms with Crippen molar-refractivity contribution in [2.45, 2.75) is 32.0 Å². The van der Waals surface area contributed by atoms with Crippen LogP contribution in [0.1, 0.15) is 0 Å². The molecule has 0 heterocycles. The van der Waals surface area contributed by atoms with E-state index in [0.717, 1.165) is 0 Å². The third-order valence-electron chi connectivity index (χ3n) is 1.75. The maximum atomic E-state index is 12.4. The zero-order valence-corrected chi connectivity index (χ0v) is 15.0. The zero-order chi connectivity index (χ0) is 18.4. The standard InChI is InChI=1S/C10H20F6NO4PSi/c1-18-5-6-19-22(17-23(2,3)4,20-7-9(11,12)13)21-8-10(14,15)16/h5-8H2,1-4H3. The van der Waals surface area contributed by atoms with Gasteiger partial charge in [-0.1, -0.05) is 0 Å². The number of hydrogen-bond acceptors (Lipinski definition) is 5. The molecule has 0 aromatic carbocycles. The molecule has 0 spiro atoms. The molecule has 0 aromatic heterocycles. The minimum absolute atomic E-state index is 0.0618. The van der Waals surface area contributed by atoms with Crippen molar-refractivity contribution in [3.05, 3.63) is 0 Å². The molecule has 0 radical (unpaired) electrons. The monoisotopic (exact) mass is 391 g/mol. The summed E-state index contributed by atoms with van der Waals surface area (Å²) in [6.07, 6.45) is -9.52. The summed E-state index contributed by atoms with van der Waals surface area (Å²) in [5.41, 5.74) is 0. The molecule has 0 aliphatic heterocycles. The molecule has 0 rings (SSSR count). The molecule has 0 unspecified atom stereocenters. The summed E-state index contributed by atoms with van der Waals surface area (Å²) in [5.74, 6) is 0. The van der Waals surface area contributed by atoms with Crippen LogP contribution >= 0.6 is 7.74 Å². The van der Waals surface area contributed by atoms with Gasteiger partial charge < -0.3 is 9.26 Å². The maximum absolute atomic E-state index is 12.4. The molecule has 0 aromatic rings. The van der Waals surface area contributed by atoms with E-state index in [1.54, 1.807) is 19.6 Å². The summed E-state index contributed by atoms with van der Waals surface area (Å²) in [7, 11) is -5.40. The van der Waals surface area contributed by atoms with E-state index in [2.05, 4.69) is 18.2 Å². The summed E-state index contributed by atoms with van der Waals surface area (Å²) in [4.78, 5) is 0. The Morgan fingerprint density at radius 3 is 1.57 bits per heavy atom. The van der Waals surface area contributed by atoms with Crippen LogP contribution in [0.4, 0.5) is 26.3 Å². The molecule has 140 valence electrons. The van der Waals surface area contributed by atoms with E-state index >= 15 is 0 Å². The van der Waals surface area contributed by atoms with Crippen LogP contribution in [0.25, 0.3) is 0 Å². The molecule has 0 amide bonds. The van der Waals surface area contributed by atoms with Gasteiger partial charge in [-0.05, 0) is 19.6 Å². The van der Waals surface area contributed by atoms with Gasteiger partial charge in [0.1, 0.15) is 0 Å². The number of alkyl halides is 6. The normalized spacial score (nSPS) is 14.2. The average molecular weight is 391 g/mol. The van der Waals surface area contributed by atoms with E-state index in [1.807, 2.05) is 0 Å². The second-order valence-corrected chi connectivity index (χ2v) is 12.2. The Morgan fingerprint density at radius 2 is 1.26 bits per heavy atom. The van der Waals surface area contributed by atoms with Crippen LogP contribution in [0.5, 0.6) is 0 Å². The highest BCUT2D eigenvalue weighted by Gasteiger charge is 2.39. The first-order valence-electron chi connectivity index (χ1n) is 6.38. The first kappa shape index (κ1) is 22.9. The highest BCUT2D eigenvalue weighted by molar-refractivity contribution is 7.52. The van der Waals surface area contributed by atoms with E-state index in [0.29, 0.717) is 0 Å². The van der Waals surface area contributed by atoms with Crippen molar-refractivity contribution in [1.82, 2.24) is 0 Å². The van der Waals surface area contributed by atoms with E-state index in [4.69, 9.17) is 4.52 Å². The van der Waals surface area contributed by atoms with Gasteiger partial charge in [-0.25, -0.2) is 0 Å². The molecule has 0 saturated heterocycles. The Hall–Kier alpha value is -0.133. The van der Waals surface area contributed by atoms with Crippen molar-refractivity contribution in [2.75, 3.05) is 33.5 Å². The second-order valence-electron chi connectivity index (χ2n) is 5.34. The van der Waals surface area contributed by atoms with Crippen LogP contribution in [0.3, 0.4) is 0 Å². The lowest BCUT2D eigenvalue weighted by Crippen LogP contribution is -2.24. The summed E-state index contributed by atoms with van der Waals surface area (Å²) in [5, 5.41) is 0. The van der Waals surface area contributed by atoms with Crippen molar-refractivity contribution in [2.24, 2.45) is 4.41 Å². The Morgan fingerprint density at radius 1 is 0.826 bits per heavy atom. The molecule has 0 fully saturated rings. The average Bonchev–Trinajstić information content (AvgIpc) is 2.31. The number of halogens is 6. The molecule has 0 atom stereocenters. The largest absolute Gasteiger partial charge is 0.412 e. The van der Waals surface area contributed by atoms with Crippen LogP contribution in [0.2, 0.25) is 19.6 Å². The molecule has 0 saturated carbocycles. The molecular weight excluding hydrogens is 371 g/mol. The SMILES string of the molecule is COCCOP(=N[Si](C)(C)C)(OCC(F)(F)F)OCC(F)(F)F. The number of nitrogens with zero attached hydrogens (tertiary/aromatic N) is 1. The van der Waals surface area contributed by atoms with Gasteiger partial charge in [0, 0.05) is 7.11 Å². The van der Waals surface area contributed by atoms with E-state index in [-0.39, 0.29) is 13.2 Å². The molecule has 5 nitrogen and oxygen atoms in total. The highest BCUT2D eigenvalue weighted by atomic mass is 31.2. The summed E-state index contributed by atoms with van der Waals surface area (Å²) >= 11 is 0. The van der Waals surface area contributed by atoms with Gasteiger partial charge in [0.2, 0.25) is 0 Å².